The highest BCUT2D eigenvalue weighted by molar-refractivity contribution is 8.13. The average Bonchev–Trinajstić information content (AvgIpc) is 2.01. The van der Waals surface area contributed by atoms with Crippen molar-refractivity contribution >= 4 is 29.3 Å². The van der Waals surface area contributed by atoms with Gasteiger partial charge in [-0.1, -0.05) is 11.8 Å². The van der Waals surface area contributed by atoms with Gasteiger partial charge in [0.25, 0.3) is 5.56 Å². The average molecular weight is 251 g/mol. The molecule has 1 rings (SSSR count). The molecule has 0 fully saturated rings. The molecular weight excluding hydrogens is 240 g/mol. The van der Waals surface area contributed by atoms with Crippen molar-refractivity contribution in [2.75, 3.05) is 0 Å². The predicted molar refractivity (Wildman–Crippen MR) is 62.9 cm³/mol. The van der Waals surface area contributed by atoms with Crippen LogP contribution in [0.5, 0.6) is 0 Å². The maximum atomic E-state index is 11.3. The van der Waals surface area contributed by atoms with E-state index < -0.39 is 11.2 Å². The summed E-state index contributed by atoms with van der Waals surface area (Å²) in [6.45, 7) is 1.63. The van der Waals surface area contributed by atoms with E-state index in [1.165, 1.54) is 0 Å². The van der Waals surface area contributed by atoms with Gasteiger partial charge in [0.05, 0.1) is 0 Å². The maximum absolute atomic E-state index is 11.3. The zero-order valence-electron chi connectivity index (χ0n) is 7.92. The van der Waals surface area contributed by atoms with E-state index in [1.54, 1.807) is 6.92 Å². The third kappa shape index (κ3) is 3.80. The highest BCUT2D eigenvalue weighted by Gasteiger charge is 2.06. The zero-order chi connectivity index (χ0) is 10.7. The second-order valence-corrected chi connectivity index (χ2v) is 3.68. The zero-order valence-corrected chi connectivity index (χ0v) is 9.55. The van der Waals surface area contributed by atoms with Crippen LogP contribution in [0, 0.1) is 12.3 Å². The number of rotatable bonds is 2. The summed E-state index contributed by atoms with van der Waals surface area (Å²) in [6, 6.07) is 0. The van der Waals surface area contributed by atoms with Crippen molar-refractivity contribution in [2.45, 2.75) is 12.7 Å². The molecule has 0 unspecified atom stereocenters. The van der Waals surface area contributed by atoms with Crippen LogP contribution in [0.3, 0.4) is 0 Å². The first-order chi connectivity index (χ1) is 6.50. The lowest BCUT2D eigenvalue weighted by Crippen LogP contribution is -2.26. The van der Waals surface area contributed by atoms with Gasteiger partial charge in [-0.2, -0.15) is 0 Å². The van der Waals surface area contributed by atoms with Crippen molar-refractivity contribution in [1.82, 2.24) is 9.97 Å². The summed E-state index contributed by atoms with van der Waals surface area (Å²) < 4.78 is 0. The lowest BCUT2D eigenvalue weighted by molar-refractivity contribution is 0.958. The number of thioether (sulfide) groups is 1. The van der Waals surface area contributed by atoms with E-state index in [9.17, 15) is 9.59 Å². The third-order valence-electron chi connectivity index (χ3n) is 1.63. The number of hydrogen-bond acceptors (Lipinski definition) is 4. The summed E-state index contributed by atoms with van der Waals surface area (Å²) in [7, 11) is 0. The summed E-state index contributed by atoms with van der Waals surface area (Å²) in [5.74, 6) is 0.285. The number of nitrogens with one attached hydrogen (secondary N) is 3. The van der Waals surface area contributed by atoms with Gasteiger partial charge >= 0.3 is 5.69 Å². The standard InChI is InChI=1S/C7H10N4O2S.ClH/c1-3-4(2-14-6(8)9)5(12)11-7(13)10-3;/h2H2,1H3,(H3,8,9)(H2,10,11,12,13);1H. The third-order valence-corrected chi connectivity index (χ3v) is 2.37. The van der Waals surface area contributed by atoms with Crippen LogP contribution in [0.25, 0.3) is 0 Å². The minimum absolute atomic E-state index is 0. The number of amidine groups is 1. The number of H-pyrrole nitrogens is 2. The molecule has 0 spiro atoms. The number of aromatic nitrogens is 2. The number of halogens is 1. The van der Waals surface area contributed by atoms with Crippen molar-refractivity contribution in [2.24, 2.45) is 5.73 Å². The first kappa shape index (κ1) is 13.8. The number of hydrogen-bond donors (Lipinski definition) is 4. The lowest BCUT2D eigenvalue weighted by Gasteiger charge is -2.01. The molecule has 0 saturated carbocycles. The molecule has 84 valence electrons. The highest BCUT2D eigenvalue weighted by Crippen LogP contribution is 2.08. The molecule has 0 bridgehead atoms. The monoisotopic (exact) mass is 250 g/mol. The van der Waals surface area contributed by atoms with E-state index in [1.807, 2.05) is 0 Å². The van der Waals surface area contributed by atoms with Gasteiger partial charge in [-0.3, -0.25) is 15.2 Å². The van der Waals surface area contributed by atoms with Gasteiger partial charge in [0.15, 0.2) is 5.17 Å². The Bertz CT molecular complexity index is 467. The molecule has 8 heteroatoms. The summed E-state index contributed by atoms with van der Waals surface area (Å²) in [5.41, 5.74) is 5.12. The van der Waals surface area contributed by atoms with E-state index in [0.717, 1.165) is 11.8 Å². The van der Waals surface area contributed by atoms with Crippen LogP contribution in [0.2, 0.25) is 0 Å². The van der Waals surface area contributed by atoms with E-state index >= 15 is 0 Å². The summed E-state index contributed by atoms with van der Waals surface area (Å²) in [5, 5.41) is 6.92. The highest BCUT2D eigenvalue weighted by atomic mass is 35.5. The molecule has 1 heterocycles. The van der Waals surface area contributed by atoms with E-state index in [-0.39, 0.29) is 23.3 Å². The van der Waals surface area contributed by atoms with Gasteiger partial charge in [-0.15, -0.1) is 12.4 Å². The molecule has 1 aromatic heterocycles. The van der Waals surface area contributed by atoms with Gasteiger partial charge in [-0.05, 0) is 6.92 Å². The fraction of sp³-hybridized carbons (Fsp3) is 0.286. The van der Waals surface area contributed by atoms with Crippen LogP contribution in [0.1, 0.15) is 11.3 Å². The minimum atomic E-state index is -0.524. The molecule has 0 saturated heterocycles. The summed E-state index contributed by atoms with van der Waals surface area (Å²) in [6.07, 6.45) is 0. The first-order valence-corrected chi connectivity index (χ1v) is 4.78. The van der Waals surface area contributed by atoms with Crippen LogP contribution < -0.4 is 17.0 Å². The van der Waals surface area contributed by atoms with E-state index in [0.29, 0.717) is 11.3 Å². The summed E-state index contributed by atoms with van der Waals surface area (Å²) in [4.78, 5) is 26.7. The molecular formula is C7H11ClN4O2S. The Kier molecular flexibility index (Phi) is 5.16. The van der Waals surface area contributed by atoms with Crippen molar-refractivity contribution in [1.29, 1.82) is 5.41 Å². The topological polar surface area (TPSA) is 116 Å². The van der Waals surface area contributed by atoms with Crippen LogP contribution in [-0.4, -0.2) is 15.1 Å². The molecule has 0 aliphatic heterocycles. The Morgan fingerprint density at radius 1 is 1.47 bits per heavy atom. The fourth-order valence-electron chi connectivity index (χ4n) is 0.950. The largest absolute Gasteiger partial charge is 0.379 e. The fourth-order valence-corrected chi connectivity index (χ4v) is 1.60. The smallest absolute Gasteiger partial charge is 0.325 e. The molecule has 0 aliphatic carbocycles. The SMILES string of the molecule is Cc1[nH]c(=O)[nH]c(=O)c1CSC(=N)N.Cl. The molecule has 0 aromatic carbocycles. The van der Waals surface area contributed by atoms with Crippen LogP contribution in [0.4, 0.5) is 0 Å². The van der Waals surface area contributed by atoms with E-state index in [4.69, 9.17) is 11.1 Å². The van der Waals surface area contributed by atoms with Crippen molar-refractivity contribution in [3.8, 4) is 0 Å². The van der Waals surface area contributed by atoms with Crippen LogP contribution in [-0.2, 0) is 5.75 Å². The van der Waals surface area contributed by atoms with Crippen molar-refractivity contribution in [3.05, 3.63) is 32.1 Å². The number of aryl methyl sites for hydroxylation is 1. The quantitative estimate of drug-likeness (QED) is 0.434. The van der Waals surface area contributed by atoms with Gasteiger partial charge in [0.2, 0.25) is 0 Å². The molecule has 0 aliphatic rings. The number of nitrogens with two attached hydrogens (primary N) is 1. The second-order valence-electron chi connectivity index (χ2n) is 2.66. The molecule has 5 N–H and O–H groups in total. The van der Waals surface area contributed by atoms with Crippen LogP contribution >= 0.6 is 24.2 Å². The Hall–Kier alpha value is -1.21. The molecule has 0 amide bonds. The maximum Gasteiger partial charge on any atom is 0.325 e. The lowest BCUT2D eigenvalue weighted by atomic mass is 10.3. The summed E-state index contributed by atoms with van der Waals surface area (Å²) >= 11 is 1.04. The molecule has 0 atom stereocenters. The van der Waals surface area contributed by atoms with Gasteiger partial charge in [-0.25, -0.2) is 4.79 Å². The predicted octanol–water partition coefficient (Wildman–Crippen LogP) is -0.0799. The van der Waals surface area contributed by atoms with Gasteiger partial charge < -0.3 is 10.7 Å². The Balaban J connectivity index is 0.00000196. The molecule has 0 radical (unpaired) electrons. The molecule has 1 aromatic rings. The second kappa shape index (κ2) is 5.62. The van der Waals surface area contributed by atoms with Crippen molar-refractivity contribution in [3.63, 3.8) is 0 Å². The molecule has 6 nitrogen and oxygen atoms in total. The van der Waals surface area contributed by atoms with E-state index in [2.05, 4.69) is 9.97 Å². The molecule has 15 heavy (non-hydrogen) atoms. The Morgan fingerprint density at radius 2 is 2.07 bits per heavy atom. The minimum Gasteiger partial charge on any atom is -0.379 e. The normalized spacial score (nSPS) is 9.40. The first-order valence-electron chi connectivity index (χ1n) is 3.79. The van der Waals surface area contributed by atoms with Crippen LogP contribution in [0.15, 0.2) is 9.59 Å². The Morgan fingerprint density at radius 3 is 2.53 bits per heavy atom. The van der Waals surface area contributed by atoms with Crippen molar-refractivity contribution < 1.29 is 0 Å². The van der Waals surface area contributed by atoms with Gasteiger partial charge in [0.1, 0.15) is 0 Å². The Labute approximate surface area is 95.6 Å². The van der Waals surface area contributed by atoms with Gasteiger partial charge in [0, 0.05) is 17.0 Å². The number of aromatic amines is 2.